The summed E-state index contributed by atoms with van der Waals surface area (Å²) in [5, 5.41) is 32.5. The van der Waals surface area contributed by atoms with Gasteiger partial charge in [-0.05, 0) is 6.07 Å². The molecular weight excluding hydrogens is 338 g/mol. The van der Waals surface area contributed by atoms with Crippen LogP contribution in [0.2, 0.25) is 0 Å². The highest BCUT2D eigenvalue weighted by atomic mass is 16.6. The topological polar surface area (TPSA) is 183 Å². The van der Waals surface area contributed by atoms with E-state index >= 15 is 0 Å². The van der Waals surface area contributed by atoms with Crippen LogP contribution in [0.4, 0.5) is 5.82 Å². The molecule has 12 nitrogen and oxygen atoms in total. The number of hydrogen-bond acceptors (Lipinski definition) is 9. The van der Waals surface area contributed by atoms with Gasteiger partial charge in [-0.25, -0.2) is 14.6 Å². The second kappa shape index (κ2) is 6.25. The zero-order valence-electron chi connectivity index (χ0n) is 12.6. The second-order valence-electron chi connectivity index (χ2n) is 5.36. The summed E-state index contributed by atoms with van der Waals surface area (Å²) in [6.45, 7) is -0.646. The molecule has 2 aromatic rings. The van der Waals surface area contributed by atoms with E-state index in [1.165, 1.54) is 12.3 Å². The molecule has 1 aliphatic rings. The molecule has 12 heteroatoms. The first-order valence-electron chi connectivity index (χ1n) is 7.18. The molecule has 1 aliphatic heterocycles. The van der Waals surface area contributed by atoms with Crippen molar-refractivity contribution < 1.29 is 20.1 Å². The van der Waals surface area contributed by atoms with E-state index in [1.54, 1.807) is 0 Å². The van der Waals surface area contributed by atoms with Crippen molar-refractivity contribution in [1.82, 2.24) is 19.5 Å². The summed E-state index contributed by atoms with van der Waals surface area (Å²) in [5.41, 5.74) is -2.33. The van der Waals surface area contributed by atoms with Gasteiger partial charge in [-0.2, -0.15) is 0 Å². The third-order valence-electron chi connectivity index (χ3n) is 3.79. The summed E-state index contributed by atoms with van der Waals surface area (Å²) in [5.74, 6) is -2.08. The average Bonchev–Trinajstić information content (AvgIpc) is 2.80. The van der Waals surface area contributed by atoms with Gasteiger partial charge in [-0.15, -0.1) is 0 Å². The number of rotatable bonds is 4. The Bertz CT molecular complexity index is 937. The van der Waals surface area contributed by atoms with Crippen molar-refractivity contribution in [3.05, 3.63) is 55.8 Å². The molecule has 0 amide bonds. The number of H-pyrrole nitrogens is 2. The van der Waals surface area contributed by atoms with Gasteiger partial charge in [-0.1, -0.05) is 0 Å². The van der Waals surface area contributed by atoms with Crippen LogP contribution in [0.1, 0.15) is 0 Å². The van der Waals surface area contributed by atoms with Crippen LogP contribution in [0.25, 0.3) is 0 Å². The fourth-order valence-corrected chi connectivity index (χ4v) is 2.63. The van der Waals surface area contributed by atoms with E-state index in [9.17, 15) is 29.7 Å². The molecule has 0 bridgehead atoms. The van der Waals surface area contributed by atoms with Gasteiger partial charge < -0.3 is 25.4 Å². The fraction of sp³-hybridized carbons (Fsp3) is 0.385. The lowest BCUT2D eigenvalue weighted by Crippen LogP contribution is -2.56. The number of aromatic amines is 2. The van der Waals surface area contributed by atoms with Gasteiger partial charge in [0.1, 0.15) is 18.0 Å². The Morgan fingerprint density at radius 3 is 2.64 bits per heavy atom. The Morgan fingerprint density at radius 2 is 2.04 bits per heavy atom. The van der Waals surface area contributed by atoms with Gasteiger partial charge in [0.15, 0.2) is 6.10 Å². The first-order valence-corrected chi connectivity index (χ1v) is 7.18. The summed E-state index contributed by atoms with van der Waals surface area (Å²) in [6.07, 6.45) is -2.29. The van der Waals surface area contributed by atoms with Crippen molar-refractivity contribution in [2.75, 3.05) is 11.9 Å². The van der Waals surface area contributed by atoms with E-state index in [-0.39, 0.29) is 5.82 Å². The van der Waals surface area contributed by atoms with Crippen molar-refractivity contribution in [3.63, 3.8) is 0 Å². The molecule has 3 heterocycles. The number of aliphatic hydroxyl groups is 3. The van der Waals surface area contributed by atoms with Crippen LogP contribution in [0.15, 0.2) is 38.9 Å². The Balaban J connectivity index is 2.16. The highest BCUT2D eigenvalue weighted by Crippen LogP contribution is 2.35. The maximum Gasteiger partial charge on any atom is 0.346 e. The number of anilines is 1. The van der Waals surface area contributed by atoms with Crippen molar-refractivity contribution in [1.29, 1.82) is 0 Å². The van der Waals surface area contributed by atoms with Crippen LogP contribution < -0.4 is 22.3 Å². The average molecular weight is 353 g/mol. The van der Waals surface area contributed by atoms with Crippen molar-refractivity contribution in [3.8, 4) is 0 Å². The Labute approximate surface area is 138 Å². The highest BCUT2D eigenvalue weighted by Gasteiger charge is 2.56. The smallest absolute Gasteiger partial charge is 0.346 e. The van der Waals surface area contributed by atoms with E-state index in [4.69, 9.17) is 4.74 Å². The van der Waals surface area contributed by atoms with Gasteiger partial charge >= 0.3 is 11.4 Å². The molecule has 1 fully saturated rings. The highest BCUT2D eigenvalue weighted by molar-refractivity contribution is 5.35. The maximum atomic E-state index is 12.2. The molecule has 0 aromatic carbocycles. The molecular formula is C13H15N5O7. The van der Waals surface area contributed by atoms with Gasteiger partial charge in [-0.3, -0.25) is 19.3 Å². The summed E-state index contributed by atoms with van der Waals surface area (Å²) < 4.78 is 6.31. The summed E-state index contributed by atoms with van der Waals surface area (Å²) in [6, 6.07) is 2.34. The molecule has 0 aliphatic carbocycles. The quantitative estimate of drug-likeness (QED) is 0.324. The Morgan fingerprint density at radius 1 is 1.28 bits per heavy atom. The van der Waals surface area contributed by atoms with E-state index in [0.717, 1.165) is 16.8 Å². The zero-order valence-corrected chi connectivity index (χ0v) is 12.6. The first-order chi connectivity index (χ1) is 11.9. The molecule has 0 saturated carbocycles. The summed E-state index contributed by atoms with van der Waals surface area (Å²) in [4.78, 5) is 42.6. The lowest BCUT2D eigenvalue weighted by Gasteiger charge is -2.34. The minimum absolute atomic E-state index is 0.0166. The molecule has 0 radical (unpaired) electrons. The van der Waals surface area contributed by atoms with Crippen molar-refractivity contribution >= 4 is 5.82 Å². The third-order valence-corrected chi connectivity index (χ3v) is 3.79. The van der Waals surface area contributed by atoms with Gasteiger partial charge in [0.25, 0.3) is 11.4 Å². The Kier molecular flexibility index (Phi) is 4.26. The predicted octanol–water partition coefficient (Wildman–Crippen LogP) is -3.54. The van der Waals surface area contributed by atoms with E-state index < -0.39 is 47.7 Å². The molecule has 2 aromatic heterocycles. The Hall–Kier alpha value is -2.80. The standard InChI is InChI=1S/C13H15N5O7/c19-5-6-9(21)10(22)13(25-6,17-7-1-3-14-11(23)15-7)18-4-2-8(20)16-12(18)24/h1-4,6,9-10,19,21-22H,5H2,(H,16,20,24)(H2,14,15,17,23)/t6-,9-,10-,13+/m1/s1. The lowest BCUT2D eigenvalue weighted by molar-refractivity contribution is -0.130. The molecule has 0 unspecified atom stereocenters. The summed E-state index contributed by atoms with van der Waals surface area (Å²) >= 11 is 0. The zero-order chi connectivity index (χ0) is 18.2. The predicted molar refractivity (Wildman–Crippen MR) is 81.7 cm³/mol. The molecule has 4 atom stereocenters. The van der Waals surface area contributed by atoms with E-state index in [2.05, 4.69) is 15.3 Å². The van der Waals surface area contributed by atoms with Gasteiger partial charge in [0.05, 0.1) is 6.61 Å². The summed E-state index contributed by atoms with van der Waals surface area (Å²) in [7, 11) is 0. The minimum Gasteiger partial charge on any atom is -0.394 e. The van der Waals surface area contributed by atoms with Gasteiger partial charge in [0.2, 0.25) is 0 Å². The van der Waals surface area contributed by atoms with Crippen LogP contribution in [0, 0.1) is 0 Å². The van der Waals surface area contributed by atoms with Crippen LogP contribution in [0.3, 0.4) is 0 Å². The number of nitrogens with one attached hydrogen (secondary N) is 3. The SMILES string of the molecule is O=c1ccn([C@]2(Nc3ccnc(=O)[nH]3)O[C@H](CO)[C@@H](O)[C@H]2O)c(=O)[nH]1. The molecule has 1 saturated heterocycles. The number of hydrogen-bond donors (Lipinski definition) is 6. The number of ether oxygens (including phenoxy) is 1. The molecule has 0 spiro atoms. The fourth-order valence-electron chi connectivity index (χ4n) is 2.63. The van der Waals surface area contributed by atoms with Crippen LogP contribution >= 0.6 is 0 Å². The first kappa shape index (κ1) is 17.0. The number of nitrogens with zero attached hydrogens (tertiary/aromatic N) is 2. The maximum absolute atomic E-state index is 12.2. The second-order valence-corrected chi connectivity index (χ2v) is 5.36. The molecule has 134 valence electrons. The van der Waals surface area contributed by atoms with Crippen LogP contribution in [-0.4, -0.2) is 59.8 Å². The third kappa shape index (κ3) is 2.87. The normalized spacial score (nSPS) is 28.8. The van der Waals surface area contributed by atoms with E-state index in [1.807, 2.05) is 4.98 Å². The molecule has 3 rings (SSSR count). The number of aromatic nitrogens is 4. The van der Waals surface area contributed by atoms with Gasteiger partial charge in [0, 0.05) is 18.5 Å². The largest absolute Gasteiger partial charge is 0.394 e. The lowest BCUT2D eigenvalue weighted by atomic mass is 10.1. The van der Waals surface area contributed by atoms with Crippen molar-refractivity contribution in [2.24, 2.45) is 0 Å². The van der Waals surface area contributed by atoms with E-state index in [0.29, 0.717) is 0 Å². The monoisotopic (exact) mass is 353 g/mol. The number of aliphatic hydroxyl groups excluding tert-OH is 3. The minimum atomic E-state index is -2.10. The van der Waals surface area contributed by atoms with Crippen LogP contribution in [0.5, 0.6) is 0 Å². The molecule has 6 N–H and O–H groups in total. The van der Waals surface area contributed by atoms with Crippen LogP contribution in [-0.2, 0) is 10.6 Å². The van der Waals surface area contributed by atoms with Crippen molar-refractivity contribution in [2.45, 2.75) is 24.2 Å². The molecule has 25 heavy (non-hydrogen) atoms.